The smallest absolute Gasteiger partial charge is 0.328 e. The van der Waals surface area contributed by atoms with Gasteiger partial charge < -0.3 is 39.5 Å². The number of rotatable bonds is 32. The van der Waals surface area contributed by atoms with Crippen LogP contribution >= 0.6 is 0 Å². The molecule has 9 atom stereocenters. The van der Waals surface area contributed by atoms with Gasteiger partial charge in [0.05, 0.1) is 62.4 Å². The van der Waals surface area contributed by atoms with Gasteiger partial charge in [-0.1, -0.05) is 95.6 Å². The van der Waals surface area contributed by atoms with Crippen molar-refractivity contribution in [3.8, 4) is 0 Å². The molecule has 0 aromatic heterocycles. The first-order valence-corrected chi connectivity index (χ1v) is 26.7. The molecule has 1 saturated heterocycles. The summed E-state index contributed by atoms with van der Waals surface area (Å²) < 4.78 is 16.9. The number of methoxy groups -OCH3 is 3. The third kappa shape index (κ3) is 18.4. The van der Waals surface area contributed by atoms with Crippen LogP contribution in [-0.4, -0.2) is 183 Å². The maximum Gasteiger partial charge on any atom is 0.328 e. The number of carbonyl (C=O) groups is 8. The van der Waals surface area contributed by atoms with Gasteiger partial charge in [0.2, 0.25) is 29.5 Å². The predicted molar refractivity (Wildman–Crippen MR) is 285 cm³/mol. The van der Waals surface area contributed by atoms with Crippen LogP contribution in [0.25, 0.3) is 0 Å². The Morgan fingerprint density at radius 2 is 1.59 bits per heavy atom. The maximum absolute atomic E-state index is 14.3. The fraction of sp³-hybridized carbons (Fsp3) is 0.679. The fourth-order valence-corrected chi connectivity index (χ4v) is 10.3. The molecular weight excluding hydrogens is 947 g/mol. The van der Waals surface area contributed by atoms with Gasteiger partial charge in [-0.2, -0.15) is 0 Å². The molecule has 74 heavy (non-hydrogen) atoms. The number of hydrogen-bond donors (Lipinski definition) is 2. The standard InChI is InChI=1S/C56H89N7O11/c1-13-15-16-17-19-23-43(56(71)74-12)58-54(69)40(6)53(73-11)44-24-22-34-62(44)49(67)36-45(72-10)52(39(5)14-2)61(9)50(68)37-57-55(70)51(38(3)4)59(7)35-32-41-26-28-42(29-27-41)60(8)46(64)25-20-18-21-33-63-47(65)30-31-48(63)66/h13,15-17,26-28,30-31,38-40,42-45,51-53H,14,18-25,29,32-37H2,1-12H3,(H,57,70)(H,58,69)/b15-13-,17-16-/t39?,40-,42?,43+,44+,45?,51?,52?,53-/m1/s1. The lowest BCUT2D eigenvalue weighted by Crippen LogP contribution is -2.55. The number of hydrogen-bond acceptors (Lipinski definition) is 12. The SMILES string of the molecule is C/C=C\C=C/CC[C@H](NC(=O)[C@H](C)[C@@H](OC)[C@@H]1CCCN1C(=O)CC(OC)C(C(C)CC)N(C)C(=O)CNC(=O)C(C(C)C)N(C)CCC1=CCC(N(C)C(=O)CCCCCN2C(=O)C=CC2=O)C=C1)C(=O)OC. The summed E-state index contributed by atoms with van der Waals surface area (Å²) in [6, 6.07) is -2.34. The van der Waals surface area contributed by atoms with Gasteiger partial charge in [0, 0.05) is 66.5 Å². The van der Waals surface area contributed by atoms with E-state index in [1.54, 1.807) is 28.7 Å². The van der Waals surface area contributed by atoms with E-state index in [9.17, 15) is 38.4 Å². The van der Waals surface area contributed by atoms with Crippen molar-refractivity contribution < 1.29 is 52.6 Å². The van der Waals surface area contributed by atoms with E-state index < -0.39 is 48.3 Å². The number of allylic oxidation sites excluding steroid dienone is 5. The van der Waals surface area contributed by atoms with Crippen LogP contribution in [0, 0.1) is 17.8 Å². The molecule has 0 aromatic carbocycles. The molecule has 0 spiro atoms. The van der Waals surface area contributed by atoms with Crippen molar-refractivity contribution >= 4 is 47.3 Å². The average Bonchev–Trinajstić information content (AvgIpc) is 4.01. The first-order chi connectivity index (χ1) is 35.3. The van der Waals surface area contributed by atoms with Crippen molar-refractivity contribution in [2.24, 2.45) is 17.8 Å². The van der Waals surface area contributed by atoms with Crippen molar-refractivity contribution in [2.45, 2.75) is 161 Å². The second kappa shape index (κ2) is 32.1. The molecule has 414 valence electrons. The van der Waals surface area contributed by atoms with E-state index in [1.807, 2.05) is 90.1 Å². The Hall–Kier alpha value is -5.46. The average molecular weight is 1040 g/mol. The third-order valence-corrected chi connectivity index (χ3v) is 14.9. The number of nitrogens with one attached hydrogen (secondary N) is 2. The normalized spacial score (nSPS) is 19.7. The van der Waals surface area contributed by atoms with E-state index in [0.717, 1.165) is 12.0 Å². The number of carbonyl (C=O) groups excluding carboxylic acids is 8. The Balaban J connectivity index is 1.55. The van der Waals surface area contributed by atoms with Crippen LogP contribution in [0.4, 0.5) is 0 Å². The molecule has 2 aliphatic heterocycles. The lowest BCUT2D eigenvalue weighted by molar-refractivity contribution is -0.148. The molecule has 2 N–H and O–H groups in total. The van der Waals surface area contributed by atoms with Gasteiger partial charge in [-0.3, -0.25) is 43.4 Å². The quantitative estimate of drug-likeness (QED) is 0.0390. The topological polar surface area (TPSA) is 205 Å². The van der Waals surface area contributed by atoms with Crippen LogP contribution < -0.4 is 10.6 Å². The first kappa shape index (κ1) is 62.8. The summed E-state index contributed by atoms with van der Waals surface area (Å²) >= 11 is 0. The molecule has 18 heteroatoms. The Kier molecular flexibility index (Phi) is 27.2. The minimum Gasteiger partial charge on any atom is -0.467 e. The number of amides is 7. The molecule has 5 unspecified atom stereocenters. The summed E-state index contributed by atoms with van der Waals surface area (Å²) in [5.74, 6) is -3.07. The van der Waals surface area contributed by atoms with Crippen molar-refractivity contribution in [1.82, 2.24) is 35.1 Å². The van der Waals surface area contributed by atoms with Gasteiger partial charge in [0.15, 0.2) is 0 Å². The van der Waals surface area contributed by atoms with Crippen molar-refractivity contribution in [3.63, 3.8) is 0 Å². The highest BCUT2D eigenvalue weighted by Gasteiger charge is 2.43. The maximum atomic E-state index is 14.3. The summed E-state index contributed by atoms with van der Waals surface area (Å²) in [5.41, 5.74) is 1.11. The molecule has 0 saturated carbocycles. The number of esters is 1. The minimum absolute atomic E-state index is 0.0236. The molecule has 1 aliphatic carbocycles. The van der Waals surface area contributed by atoms with Crippen LogP contribution in [0.3, 0.4) is 0 Å². The van der Waals surface area contributed by atoms with Gasteiger partial charge >= 0.3 is 5.97 Å². The molecule has 2 heterocycles. The van der Waals surface area contributed by atoms with Gasteiger partial charge in [-0.25, -0.2) is 4.79 Å². The molecular formula is C56H89N7O11. The Morgan fingerprint density at radius 3 is 2.19 bits per heavy atom. The van der Waals surface area contributed by atoms with Crippen molar-refractivity contribution in [1.29, 1.82) is 0 Å². The molecule has 0 bridgehead atoms. The van der Waals surface area contributed by atoms with Crippen LogP contribution in [0.15, 0.2) is 60.3 Å². The predicted octanol–water partition coefficient (Wildman–Crippen LogP) is 5.14. The Morgan fingerprint density at radius 1 is 0.892 bits per heavy atom. The van der Waals surface area contributed by atoms with Crippen LogP contribution in [0.2, 0.25) is 0 Å². The highest BCUT2D eigenvalue weighted by Crippen LogP contribution is 2.30. The van der Waals surface area contributed by atoms with E-state index in [0.29, 0.717) is 83.8 Å². The second-order valence-electron chi connectivity index (χ2n) is 20.3. The summed E-state index contributed by atoms with van der Waals surface area (Å²) in [7, 11) is 9.73. The van der Waals surface area contributed by atoms with Gasteiger partial charge in [-0.05, 0) is 77.2 Å². The van der Waals surface area contributed by atoms with Crippen molar-refractivity contribution in [2.75, 3.05) is 68.7 Å². The molecule has 3 aliphatic rings. The summed E-state index contributed by atoms with van der Waals surface area (Å²) in [5, 5.41) is 5.75. The van der Waals surface area contributed by atoms with Crippen molar-refractivity contribution in [3.05, 3.63) is 60.3 Å². The highest BCUT2D eigenvalue weighted by atomic mass is 16.5. The zero-order chi connectivity index (χ0) is 55.1. The van der Waals surface area contributed by atoms with E-state index in [1.165, 1.54) is 38.4 Å². The van der Waals surface area contributed by atoms with Gasteiger partial charge in [0.1, 0.15) is 6.04 Å². The second-order valence-corrected chi connectivity index (χ2v) is 20.3. The van der Waals surface area contributed by atoms with E-state index in [4.69, 9.17) is 14.2 Å². The number of ether oxygens (including phenoxy) is 3. The zero-order valence-electron chi connectivity index (χ0n) is 46.5. The van der Waals surface area contributed by atoms with Crippen LogP contribution in [-0.2, 0) is 52.6 Å². The fourth-order valence-electron chi connectivity index (χ4n) is 10.3. The number of nitrogens with zero attached hydrogens (tertiary/aromatic N) is 5. The molecule has 0 aromatic rings. The van der Waals surface area contributed by atoms with Crippen LogP contribution in [0.1, 0.15) is 119 Å². The summed E-state index contributed by atoms with van der Waals surface area (Å²) in [6.45, 7) is 12.8. The first-order valence-electron chi connectivity index (χ1n) is 26.7. The molecule has 18 nitrogen and oxygen atoms in total. The molecule has 3 rings (SSSR count). The molecule has 7 amide bonds. The summed E-state index contributed by atoms with van der Waals surface area (Å²) in [4.78, 5) is 113. The largest absolute Gasteiger partial charge is 0.467 e. The highest BCUT2D eigenvalue weighted by molar-refractivity contribution is 6.12. The third-order valence-electron chi connectivity index (χ3n) is 14.9. The number of unbranched alkanes of at least 4 members (excludes halogenated alkanes) is 2. The van der Waals surface area contributed by atoms with E-state index in [-0.39, 0.29) is 72.2 Å². The Labute approximate surface area is 441 Å². The zero-order valence-corrected chi connectivity index (χ0v) is 46.5. The number of likely N-dealkylation sites (N-methyl/N-ethyl adjacent to an activating group) is 3. The minimum atomic E-state index is -0.850. The van der Waals surface area contributed by atoms with E-state index >= 15 is 0 Å². The molecule has 0 radical (unpaired) electrons. The monoisotopic (exact) mass is 1040 g/mol. The summed E-state index contributed by atoms with van der Waals surface area (Å²) in [6.07, 6.45) is 21.7. The number of likely N-dealkylation sites (tertiary alicyclic amines) is 1. The van der Waals surface area contributed by atoms with E-state index in [2.05, 4.69) is 16.7 Å². The van der Waals surface area contributed by atoms with Gasteiger partial charge in [-0.15, -0.1) is 0 Å². The van der Waals surface area contributed by atoms with Crippen LogP contribution in [0.5, 0.6) is 0 Å². The Bertz CT molecular complexity index is 2030. The number of imide groups is 1. The lowest BCUT2D eigenvalue weighted by atomic mass is 9.90. The molecule has 1 fully saturated rings. The van der Waals surface area contributed by atoms with Gasteiger partial charge in [0.25, 0.3) is 11.8 Å². The lowest BCUT2D eigenvalue weighted by Gasteiger charge is -2.39.